The van der Waals surface area contributed by atoms with Crippen LogP contribution in [0.5, 0.6) is 0 Å². The maximum Gasteiger partial charge on any atom is 0.225 e. The van der Waals surface area contributed by atoms with E-state index in [1.807, 2.05) is 30.3 Å². The Balaban J connectivity index is 1.53. The summed E-state index contributed by atoms with van der Waals surface area (Å²) in [6.07, 6.45) is -0.132. The van der Waals surface area contributed by atoms with Gasteiger partial charge < -0.3 is 15.3 Å². The number of nitrogens with one attached hydrogen (secondary N) is 1. The van der Waals surface area contributed by atoms with Gasteiger partial charge in [0.15, 0.2) is 0 Å². The van der Waals surface area contributed by atoms with Gasteiger partial charge in [-0.1, -0.05) is 30.3 Å². The number of amides is 1. The molecule has 0 saturated carbocycles. The lowest BCUT2D eigenvalue weighted by molar-refractivity contribution is -0.132. The van der Waals surface area contributed by atoms with E-state index < -0.39 is 11.9 Å². The number of halogens is 1. The molecule has 0 aromatic heterocycles. The van der Waals surface area contributed by atoms with E-state index in [-0.39, 0.29) is 18.4 Å². The summed E-state index contributed by atoms with van der Waals surface area (Å²) in [5, 5.41) is 13.6. The summed E-state index contributed by atoms with van der Waals surface area (Å²) < 4.78 is 13.2. The predicted molar refractivity (Wildman–Crippen MR) is 91.0 cm³/mol. The van der Waals surface area contributed by atoms with Crippen LogP contribution in [-0.2, 0) is 4.79 Å². The van der Waals surface area contributed by atoms with Crippen molar-refractivity contribution in [2.24, 2.45) is 0 Å². The van der Waals surface area contributed by atoms with Crippen molar-refractivity contribution in [3.05, 3.63) is 66.0 Å². The molecule has 3 rings (SSSR count). The molecule has 2 N–H and O–H groups in total. The van der Waals surface area contributed by atoms with Crippen molar-refractivity contribution in [3.63, 3.8) is 0 Å². The Bertz CT molecular complexity index is 693. The second-order valence-corrected chi connectivity index (χ2v) is 6.11. The minimum atomic E-state index is -0.977. The molecule has 1 aliphatic heterocycles. The Labute approximate surface area is 140 Å². The molecular formula is C19H21FN2O2. The molecule has 126 valence electrons. The first kappa shape index (κ1) is 16.5. The molecule has 0 spiro atoms. The molecule has 1 heterocycles. The second kappa shape index (κ2) is 7.45. The van der Waals surface area contributed by atoms with E-state index in [1.54, 1.807) is 11.0 Å². The number of hydrogen-bond donors (Lipinski definition) is 2. The quantitative estimate of drug-likeness (QED) is 0.887. The van der Waals surface area contributed by atoms with Gasteiger partial charge in [-0.05, 0) is 36.2 Å². The fraction of sp³-hybridized carbons (Fsp3) is 0.316. The molecule has 0 bridgehead atoms. The highest BCUT2D eigenvalue weighted by molar-refractivity contribution is 5.77. The largest absolute Gasteiger partial charge is 0.388 e. The molecule has 2 aromatic carbocycles. The monoisotopic (exact) mass is 328 g/mol. The predicted octanol–water partition coefficient (Wildman–Crippen LogP) is 2.96. The SMILES string of the molecule is O=C(CC(O)c1cccc(F)c1)N1CCC(Nc2ccccc2)C1. The Morgan fingerprint density at radius 1 is 1.25 bits per heavy atom. The lowest BCUT2D eigenvalue weighted by Gasteiger charge is -2.19. The smallest absolute Gasteiger partial charge is 0.225 e. The van der Waals surface area contributed by atoms with Crippen molar-refractivity contribution in [1.82, 2.24) is 4.90 Å². The van der Waals surface area contributed by atoms with Gasteiger partial charge in [-0.15, -0.1) is 0 Å². The number of aliphatic hydroxyl groups is 1. The molecule has 4 nitrogen and oxygen atoms in total. The maximum absolute atomic E-state index is 13.2. The highest BCUT2D eigenvalue weighted by atomic mass is 19.1. The van der Waals surface area contributed by atoms with Gasteiger partial charge in [-0.2, -0.15) is 0 Å². The maximum atomic E-state index is 13.2. The van der Waals surface area contributed by atoms with Crippen LogP contribution in [0, 0.1) is 5.82 Å². The van der Waals surface area contributed by atoms with Crippen LogP contribution in [0.2, 0.25) is 0 Å². The standard InChI is InChI=1S/C19H21FN2O2/c20-15-6-4-5-14(11-15)18(23)12-19(24)22-10-9-17(13-22)21-16-7-2-1-3-8-16/h1-8,11,17-18,21,23H,9-10,12-13H2. The molecule has 1 aliphatic rings. The van der Waals surface area contributed by atoms with Crippen molar-refractivity contribution in [1.29, 1.82) is 0 Å². The number of hydrogen-bond acceptors (Lipinski definition) is 3. The third kappa shape index (κ3) is 4.11. The van der Waals surface area contributed by atoms with Crippen LogP contribution in [-0.4, -0.2) is 35.0 Å². The molecular weight excluding hydrogens is 307 g/mol. The zero-order valence-electron chi connectivity index (χ0n) is 13.4. The first-order valence-corrected chi connectivity index (χ1v) is 8.15. The third-order valence-corrected chi connectivity index (χ3v) is 4.29. The van der Waals surface area contributed by atoms with Gasteiger partial charge in [0, 0.05) is 24.8 Å². The summed E-state index contributed by atoms with van der Waals surface area (Å²) >= 11 is 0. The number of anilines is 1. The molecule has 1 fully saturated rings. The van der Waals surface area contributed by atoms with Gasteiger partial charge in [-0.3, -0.25) is 4.79 Å². The highest BCUT2D eigenvalue weighted by Gasteiger charge is 2.27. The van der Waals surface area contributed by atoms with Crippen LogP contribution >= 0.6 is 0 Å². The molecule has 0 radical (unpaired) electrons. The summed E-state index contributed by atoms with van der Waals surface area (Å²) in [6.45, 7) is 1.28. The van der Waals surface area contributed by atoms with Crippen LogP contribution in [0.25, 0.3) is 0 Å². The van der Waals surface area contributed by atoms with Crippen molar-refractivity contribution in [2.45, 2.75) is 25.0 Å². The van der Waals surface area contributed by atoms with Gasteiger partial charge >= 0.3 is 0 Å². The van der Waals surface area contributed by atoms with Gasteiger partial charge in [0.05, 0.1) is 12.5 Å². The number of nitrogens with zero attached hydrogens (tertiary/aromatic N) is 1. The fourth-order valence-electron chi connectivity index (χ4n) is 3.00. The minimum absolute atomic E-state index is 0.0263. The van der Waals surface area contributed by atoms with E-state index in [2.05, 4.69) is 5.32 Å². The first-order valence-electron chi connectivity index (χ1n) is 8.15. The number of aliphatic hydroxyl groups excluding tert-OH is 1. The van der Waals surface area contributed by atoms with Crippen molar-refractivity contribution in [3.8, 4) is 0 Å². The number of carbonyl (C=O) groups is 1. The van der Waals surface area contributed by atoms with Gasteiger partial charge in [0.1, 0.15) is 5.82 Å². The molecule has 1 saturated heterocycles. The van der Waals surface area contributed by atoms with Crippen LogP contribution in [0.3, 0.4) is 0 Å². The lowest BCUT2D eigenvalue weighted by atomic mass is 10.1. The Hall–Kier alpha value is -2.40. The first-order chi connectivity index (χ1) is 11.6. The van der Waals surface area contributed by atoms with Crippen LogP contribution < -0.4 is 5.32 Å². The van der Waals surface area contributed by atoms with E-state index in [0.717, 1.165) is 12.1 Å². The second-order valence-electron chi connectivity index (χ2n) is 6.11. The zero-order valence-corrected chi connectivity index (χ0v) is 13.4. The molecule has 24 heavy (non-hydrogen) atoms. The van der Waals surface area contributed by atoms with E-state index in [9.17, 15) is 14.3 Å². The van der Waals surface area contributed by atoms with Crippen molar-refractivity contribution >= 4 is 11.6 Å². The van der Waals surface area contributed by atoms with Gasteiger partial charge in [-0.25, -0.2) is 4.39 Å². The highest BCUT2D eigenvalue weighted by Crippen LogP contribution is 2.21. The summed E-state index contributed by atoms with van der Waals surface area (Å²) in [7, 11) is 0. The Kier molecular flexibility index (Phi) is 5.11. The number of likely N-dealkylation sites (tertiary alicyclic amines) is 1. The molecule has 0 aliphatic carbocycles. The normalized spacial score (nSPS) is 18.4. The average Bonchev–Trinajstić information content (AvgIpc) is 3.04. The molecule has 2 aromatic rings. The third-order valence-electron chi connectivity index (χ3n) is 4.29. The molecule has 5 heteroatoms. The van der Waals surface area contributed by atoms with E-state index in [4.69, 9.17) is 0 Å². The molecule has 1 amide bonds. The minimum Gasteiger partial charge on any atom is -0.388 e. The molecule has 2 unspecified atom stereocenters. The number of para-hydroxylation sites is 1. The van der Waals surface area contributed by atoms with Gasteiger partial charge in [0.2, 0.25) is 5.91 Å². The Morgan fingerprint density at radius 2 is 2.04 bits per heavy atom. The lowest BCUT2D eigenvalue weighted by Crippen LogP contribution is -2.32. The topological polar surface area (TPSA) is 52.6 Å². The molecule has 2 atom stereocenters. The summed E-state index contributed by atoms with van der Waals surface area (Å²) in [4.78, 5) is 14.1. The van der Waals surface area contributed by atoms with E-state index >= 15 is 0 Å². The van der Waals surface area contributed by atoms with Crippen LogP contribution in [0.15, 0.2) is 54.6 Å². The van der Waals surface area contributed by atoms with Crippen molar-refractivity contribution < 1.29 is 14.3 Å². The fourth-order valence-corrected chi connectivity index (χ4v) is 3.00. The van der Waals surface area contributed by atoms with Crippen LogP contribution in [0.1, 0.15) is 24.5 Å². The average molecular weight is 328 g/mol. The zero-order chi connectivity index (χ0) is 16.9. The Morgan fingerprint density at radius 3 is 2.79 bits per heavy atom. The number of rotatable bonds is 5. The number of carbonyl (C=O) groups excluding carboxylic acids is 1. The van der Waals surface area contributed by atoms with Gasteiger partial charge in [0.25, 0.3) is 0 Å². The summed E-state index contributed by atoms with van der Waals surface area (Å²) in [5.74, 6) is -0.517. The summed E-state index contributed by atoms with van der Waals surface area (Å²) in [5.41, 5.74) is 1.47. The summed E-state index contributed by atoms with van der Waals surface area (Å²) in [6, 6.07) is 15.9. The van der Waals surface area contributed by atoms with Crippen molar-refractivity contribution in [2.75, 3.05) is 18.4 Å². The van der Waals surface area contributed by atoms with E-state index in [1.165, 1.54) is 18.2 Å². The van der Waals surface area contributed by atoms with E-state index in [0.29, 0.717) is 18.7 Å². The number of benzene rings is 2. The van der Waals surface area contributed by atoms with Crippen LogP contribution in [0.4, 0.5) is 10.1 Å².